The third kappa shape index (κ3) is 8.92. The summed E-state index contributed by atoms with van der Waals surface area (Å²) in [5.74, 6) is 0. The molecule has 0 aromatic heterocycles. The zero-order chi connectivity index (χ0) is 13.1. The van der Waals surface area contributed by atoms with E-state index in [4.69, 9.17) is 0 Å². The highest BCUT2D eigenvalue weighted by Gasteiger charge is 2.24. The number of hydrogen-bond acceptors (Lipinski definition) is 0. The first kappa shape index (κ1) is 19.2. The predicted molar refractivity (Wildman–Crippen MR) is 81.2 cm³/mol. The fourth-order valence-electron chi connectivity index (χ4n) is 3.49. The van der Waals surface area contributed by atoms with Crippen LogP contribution in [0.2, 0.25) is 0 Å². The molecule has 0 spiro atoms. The van der Waals surface area contributed by atoms with E-state index in [1.54, 1.807) is 0 Å². The van der Waals surface area contributed by atoms with Crippen molar-refractivity contribution in [3.8, 4) is 0 Å². The molecule has 1 nitrogen and oxygen atoms in total. The molecule has 116 valence electrons. The van der Waals surface area contributed by atoms with Gasteiger partial charge in [0, 0.05) is 0 Å². The molecule has 1 aliphatic rings. The number of piperidine rings is 1. The van der Waals surface area contributed by atoms with Gasteiger partial charge in [-0.05, 0) is 38.5 Å². The van der Waals surface area contributed by atoms with Crippen LogP contribution in [0.5, 0.6) is 0 Å². The number of nitrogens with one attached hydrogen (secondary N) is 1. The van der Waals surface area contributed by atoms with Crippen LogP contribution in [0.4, 0.5) is 0 Å². The Labute approximate surface area is 127 Å². The van der Waals surface area contributed by atoms with E-state index in [2.05, 4.69) is 13.8 Å². The summed E-state index contributed by atoms with van der Waals surface area (Å²) < 4.78 is 0. The lowest BCUT2D eigenvalue weighted by Crippen LogP contribution is -3.16. The molecule has 0 saturated carbocycles. The van der Waals surface area contributed by atoms with Gasteiger partial charge in [0.2, 0.25) is 0 Å². The average Bonchev–Trinajstić information content (AvgIpc) is 2.40. The van der Waals surface area contributed by atoms with Gasteiger partial charge in [-0.1, -0.05) is 52.4 Å². The Morgan fingerprint density at radius 3 is 2.21 bits per heavy atom. The number of unbranched alkanes of at least 4 members (excludes halogenated alkanes) is 6. The molecule has 0 aromatic rings. The maximum Gasteiger partial charge on any atom is 0.0874 e. The zero-order valence-electron chi connectivity index (χ0n) is 13.4. The first-order chi connectivity index (χ1) is 8.88. The van der Waals surface area contributed by atoms with Gasteiger partial charge in [-0.2, -0.15) is 0 Å². The molecule has 1 saturated heterocycles. The minimum absolute atomic E-state index is 0. The van der Waals surface area contributed by atoms with E-state index in [-0.39, 0.29) is 12.4 Å². The second-order valence-electron chi connectivity index (χ2n) is 6.26. The summed E-state index contributed by atoms with van der Waals surface area (Å²) in [5, 5.41) is 0. The predicted octanol–water partition coefficient (Wildman–Crippen LogP) is 0.979. The minimum Gasteiger partial charge on any atom is -1.00 e. The van der Waals surface area contributed by atoms with Crippen molar-refractivity contribution in [1.82, 2.24) is 0 Å². The largest absolute Gasteiger partial charge is 1.00 e. The molecule has 1 rings (SSSR count). The monoisotopic (exact) mass is 289 g/mol. The average molecular weight is 290 g/mol. The van der Waals surface area contributed by atoms with Crippen molar-refractivity contribution < 1.29 is 17.3 Å². The van der Waals surface area contributed by atoms with Crippen LogP contribution in [0, 0.1) is 0 Å². The van der Waals surface area contributed by atoms with Crippen LogP contribution in [0.15, 0.2) is 0 Å². The first-order valence-corrected chi connectivity index (χ1v) is 8.73. The summed E-state index contributed by atoms with van der Waals surface area (Å²) >= 11 is 0. The van der Waals surface area contributed by atoms with Crippen molar-refractivity contribution in [3.05, 3.63) is 0 Å². The van der Waals surface area contributed by atoms with E-state index in [9.17, 15) is 0 Å². The molecule has 1 heterocycles. The van der Waals surface area contributed by atoms with Crippen molar-refractivity contribution >= 4 is 0 Å². The Balaban J connectivity index is 0.00000324. The van der Waals surface area contributed by atoms with Gasteiger partial charge in [0.1, 0.15) is 0 Å². The van der Waals surface area contributed by atoms with Crippen LogP contribution in [0.1, 0.15) is 90.9 Å². The zero-order valence-corrected chi connectivity index (χ0v) is 14.1. The summed E-state index contributed by atoms with van der Waals surface area (Å²) in [7, 11) is 0. The SMILES string of the molecule is CCCCCCCCC[NH+]1CCCCC1CCC.[Cl-]. The Morgan fingerprint density at radius 1 is 0.842 bits per heavy atom. The maximum absolute atomic E-state index is 2.35. The Hall–Kier alpha value is 0.250. The molecule has 0 bridgehead atoms. The normalized spacial score (nSPS) is 23.1. The van der Waals surface area contributed by atoms with Crippen molar-refractivity contribution in [1.29, 1.82) is 0 Å². The smallest absolute Gasteiger partial charge is 0.0874 e. The van der Waals surface area contributed by atoms with Crippen LogP contribution in [0.25, 0.3) is 0 Å². The van der Waals surface area contributed by atoms with Crippen molar-refractivity contribution in [2.75, 3.05) is 13.1 Å². The van der Waals surface area contributed by atoms with Gasteiger partial charge in [-0.25, -0.2) is 0 Å². The fraction of sp³-hybridized carbons (Fsp3) is 1.00. The van der Waals surface area contributed by atoms with Crippen molar-refractivity contribution in [3.63, 3.8) is 0 Å². The highest BCUT2D eigenvalue weighted by Crippen LogP contribution is 2.09. The number of halogens is 1. The molecular formula is C17H36ClN. The molecule has 2 unspecified atom stereocenters. The van der Waals surface area contributed by atoms with E-state index in [1.807, 2.05) is 4.90 Å². The molecule has 0 radical (unpaired) electrons. The van der Waals surface area contributed by atoms with Crippen LogP contribution < -0.4 is 17.3 Å². The number of quaternary nitrogens is 1. The van der Waals surface area contributed by atoms with Gasteiger partial charge in [-0.3, -0.25) is 0 Å². The van der Waals surface area contributed by atoms with Crippen LogP contribution in [-0.2, 0) is 0 Å². The van der Waals surface area contributed by atoms with Gasteiger partial charge in [0.25, 0.3) is 0 Å². The first-order valence-electron chi connectivity index (χ1n) is 8.73. The van der Waals surface area contributed by atoms with Crippen molar-refractivity contribution in [2.45, 2.75) is 96.9 Å². The van der Waals surface area contributed by atoms with E-state index < -0.39 is 0 Å². The van der Waals surface area contributed by atoms with E-state index >= 15 is 0 Å². The lowest BCUT2D eigenvalue weighted by Gasteiger charge is -2.32. The highest BCUT2D eigenvalue weighted by atomic mass is 35.5. The van der Waals surface area contributed by atoms with E-state index in [0.717, 1.165) is 6.04 Å². The van der Waals surface area contributed by atoms with E-state index in [0.29, 0.717) is 0 Å². The van der Waals surface area contributed by atoms with Gasteiger partial charge >= 0.3 is 0 Å². The molecule has 1 fully saturated rings. The van der Waals surface area contributed by atoms with Gasteiger partial charge in [0.05, 0.1) is 19.1 Å². The second-order valence-corrected chi connectivity index (χ2v) is 6.26. The second kappa shape index (κ2) is 13.2. The minimum atomic E-state index is 0. The van der Waals surface area contributed by atoms with Crippen molar-refractivity contribution in [2.24, 2.45) is 0 Å². The van der Waals surface area contributed by atoms with Gasteiger partial charge in [-0.15, -0.1) is 0 Å². The number of rotatable bonds is 10. The number of likely N-dealkylation sites (tertiary alicyclic amines) is 1. The van der Waals surface area contributed by atoms with Crippen LogP contribution in [0.3, 0.4) is 0 Å². The molecule has 1 N–H and O–H groups in total. The summed E-state index contributed by atoms with van der Waals surface area (Å²) in [6.45, 7) is 7.56. The summed E-state index contributed by atoms with van der Waals surface area (Å²) in [5.41, 5.74) is 0. The molecule has 0 aromatic carbocycles. The lowest BCUT2D eigenvalue weighted by atomic mass is 9.97. The molecule has 0 amide bonds. The van der Waals surface area contributed by atoms with Gasteiger partial charge < -0.3 is 17.3 Å². The molecule has 2 heteroatoms. The number of hydrogen-bond donors (Lipinski definition) is 1. The molecule has 19 heavy (non-hydrogen) atoms. The molecule has 1 aliphatic heterocycles. The third-order valence-electron chi connectivity index (χ3n) is 4.62. The molecule has 2 atom stereocenters. The van der Waals surface area contributed by atoms with Crippen LogP contribution >= 0.6 is 0 Å². The van der Waals surface area contributed by atoms with E-state index in [1.165, 1.54) is 90.1 Å². The fourth-order valence-corrected chi connectivity index (χ4v) is 3.49. The summed E-state index contributed by atoms with van der Waals surface area (Å²) in [6, 6.07) is 1.00. The maximum atomic E-state index is 2.35. The summed E-state index contributed by atoms with van der Waals surface area (Å²) in [4.78, 5) is 1.94. The van der Waals surface area contributed by atoms with Crippen LogP contribution in [-0.4, -0.2) is 19.1 Å². The Kier molecular flexibility index (Phi) is 13.4. The van der Waals surface area contributed by atoms with Gasteiger partial charge in [0.15, 0.2) is 0 Å². The Morgan fingerprint density at radius 2 is 1.53 bits per heavy atom. The molecular weight excluding hydrogens is 254 g/mol. The highest BCUT2D eigenvalue weighted by molar-refractivity contribution is 4.61. The quantitative estimate of drug-likeness (QED) is 0.572. The standard InChI is InChI=1S/C17H35N.ClH/c1-3-5-6-7-8-9-11-15-18-16-12-10-14-17(18)13-4-2;/h17H,3-16H2,1-2H3;1H. The summed E-state index contributed by atoms with van der Waals surface area (Å²) in [6.07, 6.45) is 17.5. The molecule has 0 aliphatic carbocycles. The Bertz CT molecular complexity index is 182. The third-order valence-corrected chi connectivity index (χ3v) is 4.62. The topological polar surface area (TPSA) is 4.44 Å². The lowest BCUT2D eigenvalue weighted by molar-refractivity contribution is -0.931.